The zero-order valence-electron chi connectivity index (χ0n) is 15.3. The number of carbonyl (C=O) groups is 2. The van der Waals surface area contributed by atoms with Crippen molar-refractivity contribution in [2.45, 2.75) is 18.3 Å². The van der Waals surface area contributed by atoms with Gasteiger partial charge in [-0.15, -0.1) is 0 Å². The van der Waals surface area contributed by atoms with Gasteiger partial charge >= 0.3 is 6.03 Å². The molecule has 28 heavy (non-hydrogen) atoms. The van der Waals surface area contributed by atoms with Crippen molar-refractivity contribution in [3.63, 3.8) is 0 Å². The molecular formula is C23H21N3O2. The largest absolute Gasteiger partial charge is 0.325 e. The molecule has 1 aliphatic carbocycles. The summed E-state index contributed by atoms with van der Waals surface area (Å²) in [7, 11) is 0. The van der Waals surface area contributed by atoms with E-state index in [-0.39, 0.29) is 11.9 Å². The first-order valence-corrected chi connectivity index (χ1v) is 9.26. The molecule has 3 amide bonds. The number of amides is 3. The molecule has 0 atom stereocenters. The summed E-state index contributed by atoms with van der Waals surface area (Å²) in [5.74, 6) is -0.00964. The lowest BCUT2D eigenvalue weighted by Crippen LogP contribution is -2.27. The molecule has 0 radical (unpaired) electrons. The Bertz CT molecular complexity index is 983. The predicted octanol–water partition coefficient (Wildman–Crippen LogP) is 5.00. The van der Waals surface area contributed by atoms with Gasteiger partial charge < -0.3 is 16.0 Å². The van der Waals surface area contributed by atoms with Crippen LogP contribution < -0.4 is 16.0 Å². The van der Waals surface area contributed by atoms with Crippen molar-refractivity contribution < 1.29 is 9.59 Å². The maximum Gasteiger partial charge on any atom is 0.323 e. The van der Waals surface area contributed by atoms with Crippen molar-refractivity contribution in [1.29, 1.82) is 0 Å². The molecule has 0 aromatic heterocycles. The number of carbonyl (C=O) groups excluding carboxylic acids is 2. The van der Waals surface area contributed by atoms with E-state index in [1.54, 1.807) is 18.2 Å². The molecule has 3 N–H and O–H groups in total. The Hall–Kier alpha value is -3.60. The molecule has 3 aromatic carbocycles. The Labute approximate surface area is 163 Å². The smallest absolute Gasteiger partial charge is 0.323 e. The summed E-state index contributed by atoms with van der Waals surface area (Å²) in [6.07, 6.45) is 1.69. The van der Waals surface area contributed by atoms with Crippen molar-refractivity contribution >= 4 is 29.0 Å². The van der Waals surface area contributed by atoms with Crippen molar-refractivity contribution in [2.24, 2.45) is 0 Å². The first kappa shape index (κ1) is 17.8. The lowest BCUT2D eigenvalue weighted by atomic mass is 9.95. The highest BCUT2D eigenvalue weighted by atomic mass is 16.2. The van der Waals surface area contributed by atoms with Crippen molar-refractivity contribution in [1.82, 2.24) is 0 Å². The highest BCUT2D eigenvalue weighted by Crippen LogP contribution is 2.48. The third-order valence-electron chi connectivity index (χ3n) is 4.92. The normalized spacial score (nSPS) is 14.0. The number of para-hydroxylation sites is 1. The van der Waals surface area contributed by atoms with Gasteiger partial charge in [-0.05, 0) is 48.7 Å². The van der Waals surface area contributed by atoms with Crippen LogP contribution in [0.2, 0.25) is 0 Å². The van der Waals surface area contributed by atoms with E-state index in [2.05, 4.69) is 16.0 Å². The van der Waals surface area contributed by atoms with Crippen LogP contribution in [0.1, 0.15) is 18.4 Å². The van der Waals surface area contributed by atoms with Crippen LogP contribution in [0.3, 0.4) is 0 Å². The maximum absolute atomic E-state index is 12.9. The summed E-state index contributed by atoms with van der Waals surface area (Å²) < 4.78 is 0. The highest BCUT2D eigenvalue weighted by Gasteiger charge is 2.51. The van der Waals surface area contributed by atoms with E-state index in [4.69, 9.17) is 0 Å². The van der Waals surface area contributed by atoms with Crippen LogP contribution in [0.15, 0.2) is 84.9 Å². The summed E-state index contributed by atoms with van der Waals surface area (Å²) in [5, 5.41) is 8.55. The van der Waals surface area contributed by atoms with Crippen molar-refractivity contribution in [2.75, 3.05) is 16.0 Å². The third-order valence-corrected chi connectivity index (χ3v) is 4.92. The van der Waals surface area contributed by atoms with E-state index < -0.39 is 5.41 Å². The molecule has 3 aromatic rings. The molecular weight excluding hydrogens is 350 g/mol. The second-order valence-corrected chi connectivity index (χ2v) is 6.93. The van der Waals surface area contributed by atoms with Crippen LogP contribution >= 0.6 is 0 Å². The molecule has 5 heteroatoms. The van der Waals surface area contributed by atoms with Gasteiger partial charge in [0.15, 0.2) is 0 Å². The Morgan fingerprint density at radius 3 is 1.82 bits per heavy atom. The van der Waals surface area contributed by atoms with E-state index in [1.165, 1.54) is 0 Å². The first-order chi connectivity index (χ1) is 13.7. The number of hydrogen-bond donors (Lipinski definition) is 3. The predicted molar refractivity (Wildman–Crippen MR) is 112 cm³/mol. The molecule has 0 unspecified atom stereocenters. The average Bonchev–Trinajstić information content (AvgIpc) is 3.52. The van der Waals surface area contributed by atoms with Crippen LogP contribution in [-0.2, 0) is 10.2 Å². The Morgan fingerprint density at radius 2 is 1.18 bits per heavy atom. The zero-order valence-corrected chi connectivity index (χ0v) is 15.3. The van der Waals surface area contributed by atoms with Crippen LogP contribution in [0.25, 0.3) is 0 Å². The molecule has 5 nitrogen and oxygen atoms in total. The van der Waals surface area contributed by atoms with Gasteiger partial charge in [-0.3, -0.25) is 4.79 Å². The topological polar surface area (TPSA) is 70.2 Å². The highest BCUT2D eigenvalue weighted by molar-refractivity contribution is 6.03. The molecule has 4 rings (SSSR count). The van der Waals surface area contributed by atoms with E-state index in [0.717, 1.165) is 18.4 Å². The summed E-state index contributed by atoms with van der Waals surface area (Å²) in [5.41, 5.74) is 2.59. The average molecular weight is 371 g/mol. The summed E-state index contributed by atoms with van der Waals surface area (Å²) >= 11 is 0. The van der Waals surface area contributed by atoms with E-state index in [1.807, 2.05) is 66.7 Å². The van der Waals surface area contributed by atoms with Gasteiger partial charge in [-0.1, -0.05) is 54.6 Å². The SMILES string of the molecule is O=C(Nc1ccccc1)Nc1cccc(NC(=O)C2(c3ccccc3)CC2)c1. The minimum absolute atomic E-state index is 0.00964. The fraction of sp³-hybridized carbons (Fsp3) is 0.130. The molecule has 0 aliphatic heterocycles. The third kappa shape index (κ3) is 3.88. The summed E-state index contributed by atoms with van der Waals surface area (Å²) in [6, 6.07) is 25.9. The molecule has 1 saturated carbocycles. The molecule has 0 spiro atoms. The second-order valence-electron chi connectivity index (χ2n) is 6.93. The zero-order chi connectivity index (χ0) is 19.4. The van der Waals surface area contributed by atoms with Gasteiger partial charge in [-0.2, -0.15) is 0 Å². The minimum atomic E-state index is -0.435. The fourth-order valence-electron chi connectivity index (χ4n) is 3.27. The number of benzene rings is 3. The lowest BCUT2D eigenvalue weighted by molar-refractivity contribution is -0.118. The van der Waals surface area contributed by atoms with Crippen LogP contribution in [0.4, 0.5) is 21.9 Å². The van der Waals surface area contributed by atoms with Gasteiger partial charge in [0.2, 0.25) is 5.91 Å². The Kier molecular flexibility index (Phi) is 4.81. The molecule has 0 heterocycles. The van der Waals surface area contributed by atoms with E-state index in [0.29, 0.717) is 17.1 Å². The van der Waals surface area contributed by atoms with Gasteiger partial charge in [-0.25, -0.2) is 4.79 Å². The van der Waals surface area contributed by atoms with Crippen molar-refractivity contribution in [3.8, 4) is 0 Å². The summed E-state index contributed by atoms with van der Waals surface area (Å²) in [4.78, 5) is 25.0. The number of anilines is 3. The standard InChI is InChI=1S/C23H21N3O2/c27-21(23(14-15-23)17-8-3-1-4-9-17)24-19-12-7-13-20(16-19)26-22(28)25-18-10-5-2-6-11-18/h1-13,16H,14-15H2,(H,24,27)(H2,25,26,28). The quantitative estimate of drug-likeness (QED) is 0.591. The van der Waals surface area contributed by atoms with Crippen LogP contribution in [-0.4, -0.2) is 11.9 Å². The number of hydrogen-bond acceptors (Lipinski definition) is 2. The maximum atomic E-state index is 12.9. The molecule has 0 saturated heterocycles. The molecule has 0 bridgehead atoms. The Balaban J connectivity index is 1.41. The van der Waals surface area contributed by atoms with Crippen LogP contribution in [0, 0.1) is 0 Å². The number of urea groups is 1. The second kappa shape index (κ2) is 7.56. The molecule has 140 valence electrons. The van der Waals surface area contributed by atoms with Crippen molar-refractivity contribution in [3.05, 3.63) is 90.5 Å². The van der Waals surface area contributed by atoms with E-state index >= 15 is 0 Å². The summed E-state index contributed by atoms with van der Waals surface area (Å²) in [6.45, 7) is 0. The number of nitrogens with one attached hydrogen (secondary N) is 3. The molecule has 1 fully saturated rings. The molecule has 1 aliphatic rings. The monoisotopic (exact) mass is 371 g/mol. The van der Waals surface area contributed by atoms with Gasteiger partial charge in [0.25, 0.3) is 0 Å². The number of rotatable bonds is 5. The minimum Gasteiger partial charge on any atom is -0.325 e. The van der Waals surface area contributed by atoms with E-state index in [9.17, 15) is 9.59 Å². The first-order valence-electron chi connectivity index (χ1n) is 9.26. The Morgan fingerprint density at radius 1 is 0.643 bits per heavy atom. The van der Waals surface area contributed by atoms with Gasteiger partial charge in [0, 0.05) is 17.1 Å². The lowest BCUT2D eigenvalue weighted by Gasteiger charge is -2.16. The van der Waals surface area contributed by atoms with Gasteiger partial charge in [0.05, 0.1) is 5.41 Å². The van der Waals surface area contributed by atoms with Crippen LogP contribution in [0.5, 0.6) is 0 Å². The van der Waals surface area contributed by atoms with Gasteiger partial charge in [0.1, 0.15) is 0 Å². The fourth-order valence-corrected chi connectivity index (χ4v) is 3.27.